The van der Waals surface area contributed by atoms with Gasteiger partial charge in [-0.1, -0.05) is 54.6 Å². The lowest BCUT2D eigenvalue weighted by Crippen LogP contribution is -2.55. The lowest BCUT2D eigenvalue weighted by atomic mass is 9.98. The molecule has 3 aromatic carbocycles. The summed E-state index contributed by atoms with van der Waals surface area (Å²) in [4.78, 5) is 38.0. The van der Waals surface area contributed by atoms with Crippen LogP contribution in [-0.4, -0.2) is 47.2 Å². The number of benzene rings is 3. The van der Waals surface area contributed by atoms with Gasteiger partial charge in [0.05, 0.1) is 0 Å². The maximum absolute atomic E-state index is 12.7. The summed E-state index contributed by atoms with van der Waals surface area (Å²) in [5.74, 6) is -1.43. The molecule has 0 radical (unpaired) electrons. The first-order valence-corrected chi connectivity index (χ1v) is 11.2. The molecule has 1 fully saturated rings. The van der Waals surface area contributed by atoms with Crippen molar-refractivity contribution in [3.63, 3.8) is 0 Å². The number of aryl methyl sites for hydroxylation is 1. The van der Waals surface area contributed by atoms with Crippen molar-refractivity contribution in [3.05, 3.63) is 89.0 Å². The molecule has 0 aromatic heterocycles. The van der Waals surface area contributed by atoms with Crippen molar-refractivity contribution in [1.29, 1.82) is 0 Å². The van der Waals surface area contributed by atoms with Crippen LogP contribution >= 0.6 is 0 Å². The van der Waals surface area contributed by atoms with E-state index in [1.54, 1.807) is 18.2 Å². The average molecular weight is 456 g/mol. The van der Waals surface area contributed by atoms with Gasteiger partial charge in [-0.25, -0.2) is 9.59 Å². The number of carbonyl (C=O) groups is 3. The average Bonchev–Trinajstić information content (AvgIpc) is 3.12. The Balaban J connectivity index is 1.28. The Morgan fingerprint density at radius 3 is 2.24 bits per heavy atom. The smallest absolute Gasteiger partial charge is 0.411 e. The van der Waals surface area contributed by atoms with Gasteiger partial charge in [0.2, 0.25) is 0 Å². The maximum Gasteiger partial charge on any atom is 0.411 e. The minimum absolute atomic E-state index is 0.0495. The van der Waals surface area contributed by atoms with E-state index in [9.17, 15) is 19.5 Å². The summed E-state index contributed by atoms with van der Waals surface area (Å²) in [5.41, 5.74) is 6.11. The SMILES string of the molecule is Cc1ccc(C(=O)N2CCC2C(=O)O)cc1NC(=O)OCC1c2ccccc2-c2ccccc21. The van der Waals surface area contributed by atoms with Crippen LogP contribution in [0.1, 0.15) is 39.4 Å². The van der Waals surface area contributed by atoms with Crippen LogP contribution in [0, 0.1) is 6.92 Å². The molecule has 1 saturated heterocycles. The highest BCUT2D eigenvalue weighted by Crippen LogP contribution is 2.44. The molecule has 1 heterocycles. The Morgan fingerprint density at radius 2 is 1.65 bits per heavy atom. The highest BCUT2D eigenvalue weighted by molar-refractivity contribution is 5.99. The van der Waals surface area contributed by atoms with Gasteiger partial charge in [-0.15, -0.1) is 0 Å². The number of fused-ring (bicyclic) bond motifs is 3. The number of hydrogen-bond acceptors (Lipinski definition) is 4. The Labute approximate surface area is 197 Å². The fourth-order valence-electron chi connectivity index (χ4n) is 4.69. The standard InChI is InChI=1S/C27H24N2O5/c1-16-10-11-17(25(30)29-13-12-24(29)26(31)32)14-23(16)28-27(33)34-15-22-20-8-4-2-6-18(20)19-7-3-5-9-21(19)22/h2-11,14,22,24H,12-13,15H2,1H3,(H,28,33)(H,31,32). The van der Waals surface area contributed by atoms with Crippen molar-refractivity contribution in [2.24, 2.45) is 0 Å². The quantitative estimate of drug-likeness (QED) is 0.582. The van der Waals surface area contributed by atoms with Crippen molar-refractivity contribution in [1.82, 2.24) is 4.90 Å². The normalized spacial score (nSPS) is 16.3. The van der Waals surface area contributed by atoms with E-state index in [1.165, 1.54) is 4.90 Å². The van der Waals surface area contributed by atoms with Crippen LogP contribution in [0.5, 0.6) is 0 Å². The van der Waals surface area contributed by atoms with Crippen LogP contribution in [0.2, 0.25) is 0 Å². The Bertz CT molecular complexity index is 1260. The lowest BCUT2D eigenvalue weighted by Gasteiger charge is -2.38. The molecule has 1 atom stereocenters. The molecule has 1 aliphatic heterocycles. The summed E-state index contributed by atoms with van der Waals surface area (Å²) in [7, 11) is 0. The summed E-state index contributed by atoms with van der Waals surface area (Å²) in [6, 6.07) is 20.4. The topological polar surface area (TPSA) is 95.9 Å². The summed E-state index contributed by atoms with van der Waals surface area (Å²) in [6.07, 6.45) is -0.167. The van der Waals surface area contributed by atoms with E-state index in [2.05, 4.69) is 29.6 Å². The number of aliphatic carboxylic acids is 1. The molecule has 0 spiro atoms. The van der Waals surface area contributed by atoms with Crippen molar-refractivity contribution >= 4 is 23.7 Å². The number of nitrogens with one attached hydrogen (secondary N) is 1. The number of anilines is 1. The van der Waals surface area contributed by atoms with Gasteiger partial charge in [0, 0.05) is 23.7 Å². The first-order chi connectivity index (χ1) is 16.4. The number of amides is 2. The number of ether oxygens (including phenoxy) is 1. The van der Waals surface area contributed by atoms with E-state index in [0.717, 1.165) is 27.8 Å². The zero-order chi connectivity index (χ0) is 23.8. The zero-order valence-electron chi connectivity index (χ0n) is 18.7. The predicted octanol–water partition coefficient (Wildman–Crippen LogP) is 4.66. The minimum Gasteiger partial charge on any atom is -0.480 e. The second kappa shape index (κ2) is 8.67. The molecule has 3 aromatic rings. The molecule has 1 unspecified atom stereocenters. The van der Waals surface area contributed by atoms with Crippen molar-refractivity contribution in [2.75, 3.05) is 18.5 Å². The van der Waals surface area contributed by atoms with Crippen LogP contribution in [0.25, 0.3) is 11.1 Å². The van der Waals surface area contributed by atoms with Crippen molar-refractivity contribution in [2.45, 2.75) is 25.3 Å². The fraction of sp³-hybridized carbons (Fsp3) is 0.222. The van der Waals surface area contributed by atoms with Gasteiger partial charge in [0.15, 0.2) is 0 Å². The number of likely N-dealkylation sites (tertiary alicyclic amines) is 1. The molecule has 7 nitrogen and oxygen atoms in total. The van der Waals surface area contributed by atoms with E-state index in [1.807, 2.05) is 31.2 Å². The van der Waals surface area contributed by atoms with Gasteiger partial charge >= 0.3 is 12.1 Å². The van der Waals surface area contributed by atoms with Gasteiger partial charge < -0.3 is 14.7 Å². The Kier molecular flexibility index (Phi) is 5.53. The van der Waals surface area contributed by atoms with Gasteiger partial charge in [0.25, 0.3) is 5.91 Å². The molecule has 2 amide bonds. The largest absolute Gasteiger partial charge is 0.480 e. The number of hydrogen-bond donors (Lipinski definition) is 2. The number of rotatable bonds is 5. The zero-order valence-corrected chi connectivity index (χ0v) is 18.7. The van der Waals surface area contributed by atoms with E-state index in [-0.39, 0.29) is 18.4 Å². The molecule has 0 bridgehead atoms. The van der Waals surface area contributed by atoms with E-state index >= 15 is 0 Å². The number of carbonyl (C=O) groups excluding carboxylic acids is 2. The third-order valence-corrected chi connectivity index (χ3v) is 6.63. The van der Waals surface area contributed by atoms with Crippen LogP contribution in [0.3, 0.4) is 0 Å². The van der Waals surface area contributed by atoms with Crippen LogP contribution in [-0.2, 0) is 9.53 Å². The molecule has 0 saturated carbocycles. The van der Waals surface area contributed by atoms with Crippen molar-refractivity contribution in [3.8, 4) is 11.1 Å². The number of carboxylic acids is 1. The maximum atomic E-state index is 12.7. The lowest BCUT2D eigenvalue weighted by molar-refractivity contribution is -0.146. The molecular formula is C27H24N2O5. The predicted molar refractivity (Wildman–Crippen MR) is 127 cm³/mol. The van der Waals surface area contributed by atoms with Crippen LogP contribution in [0.4, 0.5) is 10.5 Å². The Hall–Kier alpha value is -4.13. The number of carboxylic acid groups (broad SMARTS) is 1. The molecule has 2 N–H and O–H groups in total. The van der Waals surface area contributed by atoms with Gasteiger partial charge in [0.1, 0.15) is 12.6 Å². The molecule has 7 heteroatoms. The molecule has 2 aliphatic rings. The molecule has 5 rings (SSSR count). The highest BCUT2D eigenvalue weighted by Gasteiger charge is 2.38. The van der Waals surface area contributed by atoms with E-state index < -0.39 is 18.1 Å². The monoisotopic (exact) mass is 456 g/mol. The first-order valence-electron chi connectivity index (χ1n) is 11.2. The van der Waals surface area contributed by atoms with Crippen molar-refractivity contribution < 1.29 is 24.2 Å². The van der Waals surface area contributed by atoms with E-state index in [4.69, 9.17) is 4.74 Å². The van der Waals surface area contributed by atoms with Crippen LogP contribution in [0.15, 0.2) is 66.7 Å². The number of nitrogens with zero attached hydrogens (tertiary/aromatic N) is 1. The molecular weight excluding hydrogens is 432 g/mol. The molecule has 1 aliphatic carbocycles. The third-order valence-electron chi connectivity index (χ3n) is 6.63. The molecule has 172 valence electrons. The van der Waals surface area contributed by atoms with Gasteiger partial charge in [-0.3, -0.25) is 10.1 Å². The van der Waals surface area contributed by atoms with E-state index in [0.29, 0.717) is 24.2 Å². The second-order valence-electron chi connectivity index (χ2n) is 8.62. The summed E-state index contributed by atoms with van der Waals surface area (Å²) < 4.78 is 5.60. The fourth-order valence-corrected chi connectivity index (χ4v) is 4.69. The van der Waals surface area contributed by atoms with Gasteiger partial charge in [-0.05, 0) is 53.3 Å². The summed E-state index contributed by atoms with van der Waals surface area (Å²) in [5, 5.41) is 12.0. The first kappa shape index (κ1) is 21.7. The second-order valence-corrected chi connectivity index (χ2v) is 8.62. The highest BCUT2D eigenvalue weighted by atomic mass is 16.5. The summed E-state index contributed by atoms with van der Waals surface area (Å²) in [6.45, 7) is 2.40. The molecule has 34 heavy (non-hydrogen) atoms. The Morgan fingerprint density at radius 1 is 1.00 bits per heavy atom. The summed E-state index contributed by atoms with van der Waals surface area (Å²) >= 11 is 0. The van der Waals surface area contributed by atoms with Crippen LogP contribution < -0.4 is 5.32 Å². The van der Waals surface area contributed by atoms with Gasteiger partial charge in [-0.2, -0.15) is 0 Å². The third kappa shape index (κ3) is 3.79. The minimum atomic E-state index is -1.01.